The average Bonchev–Trinajstić information content (AvgIpc) is 3.14. The molecule has 0 saturated carbocycles. The number of halogens is 2. The molecular formula is C16H17Cl2N3O3. The molecule has 0 aliphatic carbocycles. The maximum absolute atomic E-state index is 12.7. The van der Waals surface area contributed by atoms with Crippen molar-refractivity contribution < 1.29 is 14.4 Å². The molecule has 1 aromatic carbocycles. The molecule has 6 nitrogen and oxygen atoms in total. The molecule has 3 rings (SSSR count). The number of hydrogen-bond acceptors (Lipinski definition) is 3. The van der Waals surface area contributed by atoms with Gasteiger partial charge in [-0.3, -0.25) is 14.4 Å². The minimum Gasteiger partial charge on any atom is -0.354 e. The number of carbonyl (C=O) groups excluding carboxylic acids is 3. The van der Waals surface area contributed by atoms with Gasteiger partial charge in [0.2, 0.25) is 11.8 Å². The predicted molar refractivity (Wildman–Crippen MR) is 90.1 cm³/mol. The van der Waals surface area contributed by atoms with E-state index in [1.54, 1.807) is 23.1 Å². The van der Waals surface area contributed by atoms with E-state index in [2.05, 4.69) is 10.6 Å². The van der Waals surface area contributed by atoms with Crippen molar-refractivity contribution in [2.24, 2.45) is 0 Å². The number of nitrogens with zero attached hydrogens (tertiary/aromatic N) is 1. The first kappa shape index (κ1) is 17.0. The highest BCUT2D eigenvalue weighted by Crippen LogP contribution is 2.24. The lowest BCUT2D eigenvalue weighted by atomic mass is 10.1. The average molecular weight is 370 g/mol. The van der Waals surface area contributed by atoms with E-state index in [0.717, 1.165) is 6.42 Å². The zero-order valence-corrected chi connectivity index (χ0v) is 14.4. The van der Waals surface area contributed by atoms with Crippen molar-refractivity contribution in [1.29, 1.82) is 0 Å². The summed E-state index contributed by atoms with van der Waals surface area (Å²) in [6.45, 7) is 0.929. The Morgan fingerprint density at radius 1 is 1.21 bits per heavy atom. The second kappa shape index (κ2) is 6.99. The summed E-state index contributed by atoms with van der Waals surface area (Å²) in [4.78, 5) is 38.0. The third-order valence-corrected chi connectivity index (χ3v) is 4.69. The Kier molecular flexibility index (Phi) is 4.96. The molecule has 2 atom stereocenters. The first-order valence-corrected chi connectivity index (χ1v) is 8.54. The van der Waals surface area contributed by atoms with Gasteiger partial charge in [-0.05, 0) is 31.0 Å². The lowest BCUT2D eigenvalue weighted by Gasteiger charge is -2.25. The Bertz CT molecular complexity index is 675. The van der Waals surface area contributed by atoms with Gasteiger partial charge in [0.1, 0.15) is 6.04 Å². The van der Waals surface area contributed by atoms with Gasteiger partial charge in [0.25, 0.3) is 5.91 Å². The first-order chi connectivity index (χ1) is 11.4. The van der Waals surface area contributed by atoms with E-state index in [1.807, 2.05) is 0 Å². The van der Waals surface area contributed by atoms with Crippen molar-refractivity contribution in [3.8, 4) is 0 Å². The maximum Gasteiger partial charge on any atom is 0.254 e. The minimum atomic E-state index is -0.536. The molecular weight excluding hydrogens is 353 g/mol. The molecule has 2 aliphatic rings. The van der Waals surface area contributed by atoms with Gasteiger partial charge >= 0.3 is 0 Å². The van der Waals surface area contributed by atoms with Crippen LogP contribution in [0.5, 0.6) is 0 Å². The number of hydrogen-bond donors (Lipinski definition) is 2. The van der Waals surface area contributed by atoms with Crippen molar-refractivity contribution >= 4 is 40.9 Å². The van der Waals surface area contributed by atoms with Crippen LogP contribution in [0.4, 0.5) is 0 Å². The molecule has 0 aromatic heterocycles. The van der Waals surface area contributed by atoms with Crippen LogP contribution in [-0.4, -0.2) is 47.8 Å². The fraction of sp³-hybridized carbons (Fsp3) is 0.438. The molecule has 2 saturated heterocycles. The summed E-state index contributed by atoms with van der Waals surface area (Å²) >= 11 is 11.9. The second-order valence-electron chi connectivity index (χ2n) is 6.03. The third-order valence-electron chi connectivity index (χ3n) is 4.25. The van der Waals surface area contributed by atoms with E-state index in [4.69, 9.17) is 23.2 Å². The normalized spacial score (nSPS) is 23.2. The summed E-state index contributed by atoms with van der Waals surface area (Å²) in [6.07, 6.45) is 1.62. The number of likely N-dealkylation sites (tertiary alicyclic amines) is 1. The van der Waals surface area contributed by atoms with Crippen molar-refractivity contribution in [2.45, 2.75) is 31.3 Å². The molecule has 2 heterocycles. The van der Waals surface area contributed by atoms with E-state index < -0.39 is 6.04 Å². The Morgan fingerprint density at radius 2 is 1.92 bits per heavy atom. The van der Waals surface area contributed by atoms with E-state index in [0.29, 0.717) is 35.1 Å². The van der Waals surface area contributed by atoms with Gasteiger partial charge in [-0.2, -0.15) is 0 Å². The molecule has 3 amide bonds. The van der Waals surface area contributed by atoms with Gasteiger partial charge in [-0.25, -0.2) is 0 Å². The van der Waals surface area contributed by atoms with Crippen LogP contribution in [-0.2, 0) is 9.59 Å². The predicted octanol–water partition coefficient (Wildman–Crippen LogP) is 1.60. The van der Waals surface area contributed by atoms with Crippen molar-refractivity contribution in [3.63, 3.8) is 0 Å². The largest absolute Gasteiger partial charge is 0.354 e. The highest BCUT2D eigenvalue weighted by molar-refractivity contribution is 6.35. The quantitative estimate of drug-likeness (QED) is 0.849. The van der Waals surface area contributed by atoms with Crippen LogP contribution < -0.4 is 10.6 Å². The SMILES string of the molecule is O=C1C[C@H](NC(=O)[C@@H]2CCCN2C(=O)c2cc(Cl)cc(Cl)c2)CN1. The fourth-order valence-corrected chi connectivity index (χ4v) is 3.66. The van der Waals surface area contributed by atoms with Crippen LogP contribution in [0.2, 0.25) is 10.0 Å². The highest BCUT2D eigenvalue weighted by Gasteiger charge is 2.36. The smallest absolute Gasteiger partial charge is 0.254 e. The standard InChI is InChI=1S/C16H17Cl2N3O3/c17-10-4-9(5-11(18)6-10)16(24)21-3-1-2-13(21)15(23)20-12-7-14(22)19-8-12/h4-6,12-13H,1-3,7-8H2,(H,19,22)(H,20,23)/t12-,13-/m0/s1. The van der Waals surface area contributed by atoms with Crippen molar-refractivity contribution in [1.82, 2.24) is 15.5 Å². The molecule has 0 spiro atoms. The summed E-state index contributed by atoms with van der Waals surface area (Å²) in [5.74, 6) is -0.568. The third kappa shape index (κ3) is 3.65. The summed E-state index contributed by atoms with van der Waals surface area (Å²) in [6, 6.07) is 3.89. The van der Waals surface area contributed by atoms with E-state index in [9.17, 15) is 14.4 Å². The minimum absolute atomic E-state index is 0.0757. The number of benzene rings is 1. The van der Waals surface area contributed by atoms with Crippen molar-refractivity contribution in [3.05, 3.63) is 33.8 Å². The molecule has 2 fully saturated rings. The highest BCUT2D eigenvalue weighted by atomic mass is 35.5. The molecule has 2 N–H and O–H groups in total. The molecule has 128 valence electrons. The van der Waals surface area contributed by atoms with Crippen LogP contribution in [0.1, 0.15) is 29.6 Å². The molecule has 24 heavy (non-hydrogen) atoms. The van der Waals surface area contributed by atoms with Crippen LogP contribution in [0, 0.1) is 0 Å². The van der Waals surface area contributed by atoms with E-state index >= 15 is 0 Å². The monoisotopic (exact) mass is 369 g/mol. The zero-order chi connectivity index (χ0) is 17.3. The molecule has 0 radical (unpaired) electrons. The van der Waals surface area contributed by atoms with Crippen LogP contribution in [0.25, 0.3) is 0 Å². The number of rotatable bonds is 3. The molecule has 0 unspecified atom stereocenters. The van der Waals surface area contributed by atoms with Crippen LogP contribution in [0.15, 0.2) is 18.2 Å². The second-order valence-corrected chi connectivity index (χ2v) is 6.90. The summed E-state index contributed by atoms with van der Waals surface area (Å²) in [7, 11) is 0. The van der Waals surface area contributed by atoms with Crippen LogP contribution in [0.3, 0.4) is 0 Å². The Labute approximate surface area is 149 Å². The van der Waals surface area contributed by atoms with Crippen LogP contribution >= 0.6 is 23.2 Å². The molecule has 1 aromatic rings. The molecule has 8 heteroatoms. The fourth-order valence-electron chi connectivity index (χ4n) is 3.13. The number of carbonyl (C=O) groups is 3. The van der Waals surface area contributed by atoms with E-state index in [-0.39, 0.29) is 30.2 Å². The van der Waals surface area contributed by atoms with Gasteiger partial charge in [0, 0.05) is 35.1 Å². The Hall–Kier alpha value is -1.79. The maximum atomic E-state index is 12.7. The molecule has 2 aliphatic heterocycles. The summed E-state index contributed by atoms with van der Waals surface area (Å²) < 4.78 is 0. The first-order valence-electron chi connectivity index (χ1n) is 7.78. The van der Waals surface area contributed by atoms with Gasteiger partial charge in [-0.15, -0.1) is 0 Å². The van der Waals surface area contributed by atoms with Gasteiger partial charge in [0.05, 0.1) is 6.04 Å². The zero-order valence-electron chi connectivity index (χ0n) is 12.9. The Balaban J connectivity index is 1.71. The number of nitrogens with one attached hydrogen (secondary N) is 2. The Morgan fingerprint density at radius 3 is 2.54 bits per heavy atom. The van der Waals surface area contributed by atoms with Gasteiger partial charge < -0.3 is 15.5 Å². The molecule has 0 bridgehead atoms. The lowest BCUT2D eigenvalue weighted by Crippen LogP contribution is -2.49. The topological polar surface area (TPSA) is 78.5 Å². The van der Waals surface area contributed by atoms with E-state index in [1.165, 1.54) is 0 Å². The van der Waals surface area contributed by atoms with Gasteiger partial charge in [0.15, 0.2) is 0 Å². The van der Waals surface area contributed by atoms with Gasteiger partial charge in [-0.1, -0.05) is 23.2 Å². The summed E-state index contributed by atoms with van der Waals surface area (Å²) in [5, 5.41) is 6.27. The number of amides is 3. The van der Waals surface area contributed by atoms with Crippen molar-refractivity contribution in [2.75, 3.05) is 13.1 Å². The lowest BCUT2D eigenvalue weighted by molar-refractivity contribution is -0.125. The summed E-state index contributed by atoms with van der Waals surface area (Å²) in [5.41, 5.74) is 0.366.